The molecule has 1 heterocycles. The van der Waals surface area contributed by atoms with E-state index in [-0.39, 0.29) is 11.9 Å². The maximum atomic E-state index is 13.6. The molecule has 1 aromatic carbocycles. The quantitative estimate of drug-likeness (QED) is 0.871. The predicted molar refractivity (Wildman–Crippen MR) is 71.0 cm³/mol. The molecule has 0 saturated carbocycles. The standard InChI is InChI=1S/C14H16FNS/c1-10-12(7-8-17-10)14(16-2)9-11-5-3-4-6-13(11)15/h3-8,14,16H,9H2,1-2H3. The lowest BCUT2D eigenvalue weighted by atomic mass is 9.99. The van der Waals surface area contributed by atoms with Crippen LogP contribution in [0.3, 0.4) is 0 Å². The van der Waals surface area contributed by atoms with Crippen LogP contribution in [0.5, 0.6) is 0 Å². The molecule has 1 atom stereocenters. The third-order valence-electron chi connectivity index (χ3n) is 3.00. The van der Waals surface area contributed by atoms with Gasteiger partial charge in [0.2, 0.25) is 0 Å². The number of thiophene rings is 1. The van der Waals surface area contributed by atoms with Crippen molar-refractivity contribution in [1.82, 2.24) is 5.32 Å². The smallest absolute Gasteiger partial charge is 0.126 e. The molecular formula is C14H16FNS. The zero-order valence-electron chi connectivity index (χ0n) is 10.0. The van der Waals surface area contributed by atoms with Crippen LogP contribution >= 0.6 is 11.3 Å². The molecule has 0 aliphatic carbocycles. The third kappa shape index (κ3) is 2.73. The second kappa shape index (κ2) is 5.43. The van der Waals surface area contributed by atoms with Crippen LogP contribution in [0.2, 0.25) is 0 Å². The molecule has 0 bridgehead atoms. The van der Waals surface area contributed by atoms with E-state index in [0.29, 0.717) is 6.42 Å². The Balaban J connectivity index is 2.22. The van der Waals surface area contributed by atoms with Crippen molar-refractivity contribution in [3.63, 3.8) is 0 Å². The van der Waals surface area contributed by atoms with Crippen molar-refractivity contribution < 1.29 is 4.39 Å². The van der Waals surface area contributed by atoms with Gasteiger partial charge in [-0.05, 0) is 49.0 Å². The maximum Gasteiger partial charge on any atom is 0.126 e. The largest absolute Gasteiger partial charge is 0.313 e. The number of hydrogen-bond acceptors (Lipinski definition) is 2. The number of nitrogens with one attached hydrogen (secondary N) is 1. The van der Waals surface area contributed by atoms with Crippen molar-refractivity contribution in [2.24, 2.45) is 0 Å². The number of benzene rings is 1. The highest BCUT2D eigenvalue weighted by atomic mass is 32.1. The van der Waals surface area contributed by atoms with Crippen LogP contribution in [0.1, 0.15) is 22.0 Å². The lowest BCUT2D eigenvalue weighted by molar-refractivity contribution is 0.554. The second-order valence-corrected chi connectivity index (χ2v) is 5.19. The summed E-state index contributed by atoms with van der Waals surface area (Å²) in [5.41, 5.74) is 2.03. The third-order valence-corrected chi connectivity index (χ3v) is 3.87. The van der Waals surface area contributed by atoms with E-state index in [1.54, 1.807) is 17.4 Å². The molecule has 0 aliphatic heterocycles. The lowest BCUT2D eigenvalue weighted by Gasteiger charge is -2.16. The van der Waals surface area contributed by atoms with Gasteiger partial charge in [-0.3, -0.25) is 0 Å². The summed E-state index contributed by atoms with van der Waals surface area (Å²) in [6, 6.07) is 9.26. The highest BCUT2D eigenvalue weighted by Crippen LogP contribution is 2.25. The summed E-state index contributed by atoms with van der Waals surface area (Å²) in [4.78, 5) is 1.29. The summed E-state index contributed by atoms with van der Waals surface area (Å²) in [5, 5.41) is 5.34. The van der Waals surface area contributed by atoms with Gasteiger partial charge in [-0.15, -0.1) is 11.3 Å². The van der Waals surface area contributed by atoms with E-state index in [1.807, 2.05) is 19.2 Å². The van der Waals surface area contributed by atoms with Crippen LogP contribution in [0, 0.1) is 12.7 Å². The molecule has 1 aromatic heterocycles. The molecule has 0 spiro atoms. The summed E-state index contributed by atoms with van der Waals surface area (Å²) >= 11 is 1.73. The summed E-state index contributed by atoms with van der Waals surface area (Å²) in [5.74, 6) is -0.124. The summed E-state index contributed by atoms with van der Waals surface area (Å²) in [6.45, 7) is 2.10. The predicted octanol–water partition coefficient (Wildman–Crippen LogP) is 3.70. The first-order valence-electron chi connectivity index (χ1n) is 5.67. The fourth-order valence-corrected chi connectivity index (χ4v) is 2.77. The van der Waals surface area contributed by atoms with E-state index in [4.69, 9.17) is 0 Å². The zero-order chi connectivity index (χ0) is 12.3. The first-order chi connectivity index (χ1) is 8.22. The van der Waals surface area contributed by atoms with Gasteiger partial charge in [0, 0.05) is 10.9 Å². The van der Waals surface area contributed by atoms with Gasteiger partial charge in [-0.25, -0.2) is 4.39 Å². The number of aryl methyl sites for hydroxylation is 1. The zero-order valence-corrected chi connectivity index (χ0v) is 10.9. The topological polar surface area (TPSA) is 12.0 Å². The van der Waals surface area contributed by atoms with Crippen molar-refractivity contribution in [3.05, 3.63) is 57.5 Å². The van der Waals surface area contributed by atoms with Gasteiger partial charge in [0.25, 0.3) is 0 Å². The second-order valence-electron chi connectivity index (χ2n) is 4.07. The average Bonchev–Trinajstić information content (AvgIpc) is 2.75. The van der Waals surface area contributed by atoms with Gasteiger partial charge in [0.15, 0.2) is 0 Å². The highest BCUT2D eigenvalue weighted by Gasteiger charge is 2.14. The van der Waals surface area contributed by atoms with Crippen molar-refractivity contribution in [2.45, 2.75) is 19.4 Å². The van der Waals surface area contributed by atoms with Gasteiger partial charge in [0.05, 0.1) is 0 Å². The fourth-order valence-electron chi connectivity index (χ4n) is 2.01. The van der Waals surface area contributed by atoms with Crippen LogP contribution < -0.4 is 5.32 Å². The summed E-state index contributed by atoms with van der Waals surface area (Å²) in [6.07, 6.45) is 0.681. The fraction of sp³-hybridized carbons (Fsp3) is 0.286. The molecule has 0 amide bonds. The molecule has 0 saturated heterocycles. The summed E-state index contributed by atoms with van der Waals surface area (Å²) < 4.78 is 13.6. The Morgan fingerprint density at radius 1 is 1.29 bits per heavy atom. The normalized spacial score (nSPS) is 12.6. The van der Waals surface area contributed by atoms with E-state index >= 15 is 0 Å². The maximum absolute atomic E-state index is 13.6. The average molecular weight is 249 g/mol. The Morgan fingerprint density at radius 3 is 2.65 bits per heavy atom. The van der Waals surface area contributed by atoms with Crippen LogP contribution in [-0.2, 0) is 6.42 Å². The van der Waals surface area contributed by atoms with E-state index in [2.05, 4.69) is 23.7 Å². The molecule has 0 fully saturated rings. The molecular weight excluding hydrogens is 233 g/mol. The summed E-state index contributed by atoms with van der Waals surface area (Å²) in [7, 11) is 1.92. The molecule has 1 nitrogen and oxygen atoms in total. The number of likely N-dealkylation sites (N-methyl/N-ethyl adjacent to an activating group) is 1. The highest BCUT2D eigenvalue weighted by molar-refractivity contribution is 7.10. The Labute approximate surface area is 105 Å². The van der Waals surface area contributed by atoms with Gasteiger partial charge < -0.3 is 5.32 Å². The minimum absolute atomic E-state index is 0.124. The molecule has 3 heteroatoms. The Morgan fingerprint density at radius 2 is 2.06 bits per heavy atom. The van der Waals surface area contributed by atoms with Crippen molar-refractivity contribution >= 4 is 11.3 Å². The molecule has 0 radical (unpaired) electrons. The Kier molecular flexibility index (Phi) is 3.92. The van der Waals surface area contributed by atoms with Crippen LogP contribution in [-0.4, -0.2) is 7.05 Å². The van der Waals surface area contributed by atoms with Crippen LogP contribution in [0.15, 0.2) is 35.7 Å². The Bertz CT molecular complexity index is 492. The minimum atomic E-state index is -0.124. The molecule has 2 rings (SSSR count). The SMILES string of the molecule is CNC(Cc1ccccc1F)c1ccsc1C. The van der Waals surface area contributed by atoms with Crippen LogP contribution in [0.25, 0.3) is 0 Å². The molecule has 90 valence electrons. The van der Waals surface area contributed by atoms with E-state index < -0.39 is 0 Å². The number of halogens is 1. The monoisotopic (exact) mass is 249 g/mol. The Hall–Kier alpha value is -1.19. The number of rotatable bonds is 4. The molecule has 1 unspecified atom stereocenters. The number of hydrogen-bond donors (Lipinski definition) is 1. The van der Waals surface area contributed by atoms with E-state index in [0.717, 1.165) is 5.56 Å². The first-order valence-corrected chi connectivity index (χ1v) is 6.55. The van der Waals surface area contributed by atoms with Gasteiger partial charge >= 0.3 is 0 Å². The molecule has 1 N–H and O–H groups in total. The van der Waals surface area contributed by atoms with E-state index in [1.165, 1.54) is 16.5 Å². The van der Waals surface area contributed by atoms with Crippen LogP contribution in [0.4, 0.5) is 4.39 Å². The molecule has 2 aromatic rings. The van der Waals surface area contributed by atoms with Crippen molar-refractivity contribution in [2.75, 3.05) is 7.05 Å². The van der Waals surface area contributed by atoms with Gasteiger partial charge in [-0.1, -0.05) is 18.2 Å². The van der Waals surface area contributed by atoms with Crippen molar-refractivity contribution in [3.8, 4) is 0 Å². The van der Waals surface area contributed by atoms with Crippen molar-refractivity contribution in [1.29, 1.82) is 0 Å². The first kappa shape index (κ1) is 12.3. The van der Waals surface area contributed by atoms with Gasteiger partial charge in [0.1, 0.15) is 5.82 Å². The molecule has 0 aliphatic rings. The van der Waals surface area contributed by atoms with Gasteiger partial charge in [-0.2, -0.15) is 0 Å². The lowest BCUT2D eigenvalue weighted by Crippen LogP contribution is -2.19. The molecule has 17 heavy (non-hydrogen) atoms. The minimum Gasteiger partial charge on any atom is -0.313 e. The van der Waals surface area contributed by atoms with E-state index in [9.17, 15) is 4.39 Å².